The Morgan fingerprint density at radius 2 is 2.00 bits per heavy atom. The smallest absolute Gasteiger partial charge is 0.352 e. The fourth-order valence-electron chi connectivity index (χ4n) is 2.82. The van der Waals surface area contributed by atoms with Crippen molar-refractivity contribution in [3.05, 3.63) is 44.4 Å². The highest BCUT2D eigenvalue weighted by Crippen LogP contribution is 2.27. The van der Waals surface area contributed by atoms with Crippen LogP contribution < -0.4 is 5.32 Å². The van der Waals surface area contributed by atoms with Crippen LogP contribution in [0.1, 0.15) is 48.6 Å². The summed E-state index contributed by atoms with van der Waals surface area (Å²) in [6.45, 7) is 5.87. The van der Waals surface area contributed by atoms with Gasteiger partial charge in [-0.15, -0.1) is 11.3 Å². The highest BCUT2D eigenvalue weighted by Gasteiger charge is 2.23. The summed E-state index contributed by atoms with van der Waals surface area (Å²) in [5, 5.41) is 14.2. The standard InChI is InChI=1S/C17H23N3O3S/c1-9-6-7-24-15(9)12(20(4)5)8-18-16(21)13-10(2)14(17(22)23)19-11(13)3/h6-7,12,19H,8H2,1-5H3,(H,18,21)(H,22,23)/t12-/m0/s1. The number of hydrogen-bond donors (Lipinski definition) is 3. The Morgan fingerprint density at radius 3 is 2.46 bits per heavy atom. The Balaban J connectivity index is 2.18. The maximum absolute atomic E-state index is 12.6. The second kappa shape index (κ2) is 7.19. The summed E-state index contributed by atoms with van der Waals surface area (Å²) in [7, 11) is 3.95. The van der Waals surface area contributed by atoms with Gasteiger partial charge in [0.1, 0.15) is 5.69 Å². The Labute approximate surface area is 145 Å². The number of nitrogens with one attached hydrogen (secondary N) is 2. The molecule has 0 saturated heterocycles. The molecule has 0 aromatic carbocycles. The van der Waals surface area contributed by atoms with Crippen molar-refractivity contribution >= 4 is 23.2 Å². The highest BCUT2D eigenvalue weighted by atomic mass is 32.1. The number of amides is 1. The van der Waals surface area contributed by atoms with E-state index in [2.05, 4.69) is 28.2 Å². The van der Waals surface area contributed by atoms with Crippen LogP contribution >= 0.6 is 11.3 Å². The number of likely N-dealkylation sites (N-methyl/N-ethyl adjacent to an activating group) is 1. The number of carbonyl (C=O) groups excluding carboxylic acids is 1. The van der Waals surface area contributed by atoms with Gasteiger partial charge < -0.3 is 20.3 Å². The number of aryl methyl sites for hydroxylation is 2. The number of nitrogens with zero attached hydrogens (tertiary/aromatic N) is 1. The first-order valence-corrected chi connectivity index (χ1v) is 8.53. The van der Waals surface area contributed by atoms with Crippen molar-refractivity contribution in [2.24, 2.45) is 0 Å². The molecule has 2 heterocycles. The molecule has 7 heteroatoms. The SMILES string of the molecule is Cc1ccsc1[C@H](CNC(=O)c1c(C)[nH]c(C(=O)O)c1C)N(C)C. The maximum Gasteiger partial charge on any atom is 0.352 e. The van der Waals surface area contributed by atoms with Crippen LogP contribution in [0.3, 0.4) is 0 Å². The molecule has 0 bridgehead atoms. The minimum Gasteiger partial charge on any atom is -0.477 e. The topological polar surface area (TPSA) is 85.4 Å². The van der Waals surface area contributed by atoms with Crippen molar-refractivity contribution in [1.82, 2.24) is 15.2 Å². The molecule has 0 aliphatic heterocycles. The van der Waals surface area contributed by atoms with E-state index in [0.29, 0.717) is 23.4 Å². The number of carboxylic acids is 1. The molecule has 2 aromatic heterocycles. The maximum atomic E-state index is 12.6. The Bertz CT molecular complexity index is 761. The Kier molecular flexibility index (Phi) is 5.46. The molecule has 2 rings (SSSR count). The molecular weight excluding hydrogens is 326 g/mol. The van der Waals surface area contributed by atoms with Crippen molar-refractivity contribution < 1.29 is 14.7 Å². The van der Waals surface area contributed by atoms with Crippen molar-refractivity contribution in [1.29, 1.82) is 0 Å². The highest BCUT2D eigenvalue weighted by molar-refractivity contribution is 7.10. The molecule has 1 atom stereocenters. The number of carboxylic acid groups (broad SMARTS) is 1. The lowest BCUT2D eigenvalue weighted by Crippen LogP contribution is -2.34. The number of H-pyrrole nitrogens is 1. The van der Waals surface area contributed by atoms with Gasteiger partial charge in [0.05, 0.1) is 11.6 Å². The first-order valence-electron chi connectivity index (χ1n) is 7.65. The monoisotopic (exact) mass is 349 g/mol. The van der Waals surface area contributed by atoms with Gasteiger partial charge in [-0.25, -0.2) is 4.79 Å². The van der Waals surface area contributed by atoms with E-state index in [4.69, 9.17) is 5.11 Å². The van der Waals surface area contributed by atoms with Gasteiger partial charge in [0.15, 0.2) is 0 Å². The third-order valence-electron chi connectivity index (χ3n) is 4.16. The molecule has 0 fully saturated rings. The van der Waals surface area contributed by atoms with Gasteiger partial charge in [0.2, 0.25) is 0 Å². The normalized spacial score (nSPS) is 12.4. The molecule has 0 saturated carbocycles. The molecule has 0 radical (unpaired) electrons. The van der Waals surface area contributed by atoms with Crippen LogP contribution in [0.4, 0.5) is 0 Å². The molecule has 0 aliphatic rings. The van der Waals surface area contributed by atoms with Gasteiger partial charge in [-0.05, 0) is 57.4 Å². The number of carbonyl (C=O) groups is 2. The van der Waals surface area contributed by atoms with Crippen LogP contribution in [-0.2, 0) is 0 Å². The van der Waals surface area contributed by atoms with E-state index < -0.39 is 5.97 Å². The quantitative estimate of drug-likeness (QED) is 0.748. The van der Waals surface area contributed by atoms with E-state index in [0.717, 1.165) is 0 Å². The van der Waals surface area contributed by atoms with Crippen LogP contribution in [-0.4, -0.2) is 47.5 Å². The largest absolute Gasteiger partial charge is 0.477 e. The minimum absolute atomic E-state index is 0.0657. The molecule has 0 aliphatic carbocycles. The van der Waals surface area contributed by atoms with Gasteiger partial charge in [0, 0.05) is 17.1 Å². The Morgan fingerprint density at radius 1 is 1.33 bits per heavy atom. The average molecular weight is 349 g/mol. The molecule has 0 unspecified atom stereocenters. The number of hydrogen-bond acceptors (Lipinski definition) is 4. The van der Waals surface area contributed by atoms with Crippen molar-refractivity contribution in [3.8, 4) is 0 Å². The molecule has 24 heavy (non-hydrogen) atoms. The summed E-state index contributed by atoms with van der Waals surface area (Å²) in [5.41, 5.74) is 2.71. The van der Waals surface area contributed by atoms with E-state index >= 15 is 0 Å². The molecule has 0 spiro atoms. The molecule has 130 valence electrons. The number of rotatable bonds is 6. The van der Waals surface area contributed by atoms with Crippen LogP contribution in [0.15, 0.2) is 11.4 Å². The predicted molar refractivity (Wildman–Crippen MR) is 95.0 cm³/mol. The van der Waals surface area contributed by atoms with Gasteiger partial charge >= 0.3 is 5.97 Å². The predicted octanol–water partition coefficient (Wildman–Crippen LogP) is 2.73. The first kappa shape index (κ1) is 18.2. The van der Waals surface area contributed by atoms with Crippen LogP contribution in [0, 0.1) is 20.8 Å². The van der Waals surface area contributed by atoms with E-state index in [1.54, 1.807) is 25.2 Å². The van der Waals surface area contributed by atoms with Crippen molar-refractivity contribution in [2.75, 3.05) is 20.6 Å². The van der Waals surface area contributed by atoms with Gasteiger partial charge in [-0.1, -0.05) is 0 Å². The average Bonchev–Trinajstić information content (AvgIpc) is 3.02. The van der Waals surface area contributed by atoms with Gasteiger partial charge in [0.25, 0.3) is 5.91 Å². The zero-order valence-electron chi connectivity index (χ0n) is 14.6. The summed E-state index contributed by atoms with van der Waals surface area (Å²) >= 11 is 1.67. The summed E-state index contributed by atoms with van der Waals surface area (Å²) in [6, 6.07) is 2.14. The van der Waals surface area contributed by atoms with Crippen LogP contribution in [0.25, 0.3) is 0 Å². The first-order chi connectivity index (χ1) is 11.2. The molecule has 1 amide bonds. The molecule has 2 aromatic rings. The molecule has 3 N–H and O–H groups in total. The van der Waals surface area contributed by atoms with Gasteiger partial charge in [-0.3, -0.25) is 4.79 Å². The zero-order valence-corrected chi connectivity index (χ0v) is 15.4. The Hall–Kier alpha value is -2.12. The second-order valence-electron chi connectivity index (χ2n) is 6.09. The van der Waals surface area contributed by atoms with E-state index in [1.807, 2.05) is 19.5 Å². The lowest BCUT2D eigenvalue weighted by molar-refractivity contribution is 0.0690. The fourth-order valence-corrected chi connectivity index (χ4v) is 3.94. The van der Waals surface area contributed by atoms with Gasteiger partial charge in [-0.2, -0.15) is 0 Å². The summed E-state index contributed by atoms with van der Waals surface area (Å²) in [6.07, 6.45) is 0. The summed E-state index contributed by atoms with van der Waals surface area (Å²) < 4.78 is 0. The van der Waals surface area contributed by atoms with E-state index in [-0.39, 0.29) is 17.6 Å². The third-order valence-corrected chi connectivity index (χ3v) is 5.28. The minimum atomic E-state index is -1.06. The second-order valence-corrected chi connectivity index (χ2v) is 7.04. The fraction of sp³-hybridized carbons (Fsp3) is 0.412. The lowest BCUT2D eigenvalue weighted by atomic mass is 10.1. The lowest BCUT2D eigenvalue weighted by Gasteiger charge is -2.24. The number of thiophene rings is 1. The number of aromatic carboxylic acids is 1. The van der Waals surface area contributed by atoms with E-state index in [1.165, 1.54) is 10.4 Å². The van der Waals surface area contributed by atoms with Crippen molar-refractivity contribution in [3.63, 3.8) is 0 Å². The van der Waals surface area contributed by atoms with Crippen LogP contribution in [0.5, 0.6) is 0 Å². The number of aromatic amines is 1. The third kappa shape index (κ3) is 3.52. The molecule has 6 nitrogen and oxygen atoms in total. The molecular formula is C17H23N3O3S. The number of aromatic nitrogens is 1. The zero-order chi connectivity index (χ0) is 18.0. The summed E-state index contributed by atoms with van der Waals surface area (Å²) in [4.78, 5) is 29.8. The van der Waals surface area contributed by atoms with E-state index in [9.17, 15) is 9.59 Å². The van der Waals surface area contributed by atoms with Crippen LogP contribution in [0.2, 0.25) is 0 Å². The summed E-state index contributed by atoms with van der Waals surface area (Å²) in [5.74, 6) is -1.31. The van der Waals surface area contributed by atoms with Crippen molar-refractivity contribution in [2.45, 2.75) is 26.8 Å².